The Labute approximate surface area is 126 Å². The van der Waals surface area contributed by atoms with Crippen LogP contribution in [0.3, 0.4) is 0 Å². The third-order valence-corrected chi connectivity index (χ3v) is 3.09. The lowest BCUT2D eigenvalue weighted by atomic mass is 10.0. The normalized spacial score (nSPS) is 12.3. The SMILES string of the molecule is CC(C)CC(CO)NC(=O)COc1ccc(Br)cc1F. The summed E-state index contributed by atoms with van der Waals surface area (Å²) < 4.78 is 19.2. The molecule has 1 unspecified atom stereocenters. The van der Waals surface area contributed by atoms with E-state index in [9.17, 15) is 9.18 Å². The van der Waals surface area contributed by atoms with Crippen molar-refractivity contribution in [1.29, 1.82) is 0 Å². The van der Waals surface area contributed by atoms with Crippen LogP contribution in [0.2, 0.25) is 0 Å². The Morgan fingerprint density at radius 2 is 2.20 bits per heavy atom. The third-order valence-electron chi connectivity index (χ3n) is 2.59. The van der Waals surface area contributed by atoms with Crippen molar-refractivity contribution < 1.29 is 19.0 Å². The fourth-order valence-corrected chi connectivity index (χ4v) is 2.09. The fraction of sp³-hybridized carbons (Fsp3) is 0.500. The number of rotatable bonds is 7. The number of halogens is 2. The van der Waals surface area contributed by atoms with E-state index in [0.717, 1.165) is 0 Å². The molecule has 0 fully saturated rings. The van der Waals surface area contributed by atoms with Crippen LogP contribution in [0.25, 0.3) is 0 Å². The molecule has 0 bridgehead atoms. The maximum absolute atomic E-state index is 13.5. The van der Waals surface area contributed by atoms with E-state index in [1.807, 2.05) is 13.8 Å². The molecule has 0 aliphatic heterocycles. The number of ether oxygens (including phenoxy) is 1. The number of nitrogens with one attached hydrogen (secondary N) is 1. The van der Waals surface area contributed by atoms with Crippen LogP contribution in [0.15, 0.2) is 22.7 Å². The molecule has 0 spiro atoms. The predicted octanol–water partition coefficient (Wildman–Crippen LogP) is 2.49. The molecule has 4 nitrogen and oxygen atoms in total. The molecule has 1 aromatic carbocycles. The molecule has 1 atom stereocenters. The fourth-order valence-electron chi connectivity index (χ4n) is 1.75. The summed E-state index contributed by atoms with van der Waals surface area (Å²) in [5, 5.41) is 11.8. The lowest BCUT2D eigenvalue weighted by Gasteiger charge is -2.18. The summed E-state index contributed by atoms with van der Waals surface area (Å²) in [6.07, 6.45) is 0.675. The van der Waals surface area contributed by atoms with Gasteiger partial charge in [-0.1, -0.05) is 29.8 Å². The third kappa shape index (κ3) is 5.88. The molecule has 0 aromatic heterocycles. The van der Waals surface area contributed by atoms with Crippen LogP contribution in [0.5, 0.6) is 5.75 Å². The Kier molecular flexibility index (Phi) is 6.95. The van der Waals surface area contributed by atoms with E-state index in [1.54, 1.807) is 6.07 Å². The Morgan fingerprint density at radius 1 is 1.50 bits per heavy atom. The summed E-state index contributed by atoms with van der Waals surface area (Å²) in [4.78, 5) is 11.7. The van der Waals surface area contributed by atoms with Gasteiger partial charge in [0, 0.05) is 4.47 Å². The van der Waals surface area contributed by atoms with Crippen LogP contribution >= 0.6 is 15.9 Å². The van der Waals surface area contributed by atoms with Gasteiger partial charge in [-0.3, -0.25) is 4.79 Å². The summed E-state index contributed by atoms with van der Waals surface area (Å²) in [5.41, 5.74) is 0. The molecule has 1 amide bonds. The monoisotopic (exact) mass is 347 g/mol. The van der Waals surface area contributed by atoms with Crippen LogP contribution in [0.1, 0.15) is 20.3 Å². The van der Waals surface area contributed by atoms with E-state index in [2.05, 4.69) is 21.2 Å². The van der Waals surface area contributed by atoms with Crippen LogP contribution in [0, 0.1) is 11.7 Å². The Balaban J connectivity index is 2.46. The van der Waals surface area contributed by atoms with Crippen molar-refractivity contribution in [1.82, 2.24) is 5.32 Å². The first-order chi connectivity index (χ1) is 9.42. The maximum atomic E-state index is 13.5. The van der Waals surface area contributed by atoms with E-state index in [-0.39, 0.29) is 30.9 Å². The quantitative estimate of drug-likeness (QED) is 0.796. The first-order valence-electron chi connectivity index (χ1n) is 6.40. The van der Waals surface area contributed by atoms with Gasteiger partial charge in [-0.25, -0.2) is 4.39 Å². The minimum Gasteiger partial charge on any atom is -0.481 e. The number of benzene rings is 1. The summed E-state index contributed by atoms with van der Waals surface area (Å²) in [6, 6.07) is 4.04. The second-order valence-electron chi connectivity index (χ2n) is 4.94. The van der Waals surface area contributed by atoms with Crippen LogP contribution in [-0.4, -0.2) is 30.3 Å². The first-order valence-corrected chi connectivity index (χ1v) is 7.19. The molecule has 0 aliphatic carbocycles. The largest absolute Gasteiger partial charge is 0.481 e. The van der Waals surface area contributed by atoms with Crippen molar-refractivity contribution in [2.45, 2.75) is 26.3 Å². The predicted molar refractivity (Wildman–Crippen MR) is 78.1 cm³/mol. The second kappa shape index (κ2) is 8.21. The number of aliphatic hydroxyl groups is 1. The van der Waals surface area contributed by atoms with Gasteiger partial charge in [-0.15, -0.1) is 0 Å². The van der Waals surface area contributed by atoms with Crippen LogP contribution < -0.4 is 10.1 Å². The second-order valence-corrected chi connectivity index (χ2v) is 5.86. The lowest BCUT2D eigenvalue weighted by molar-refractivity contribution is -0.124. The molecule has 0 aliphatic rings. The summed E-state index contributed by atoms with van der Waals surface area (Å²) >= 11 is 3.14. The van der Waals surface area contributed by atoms with Gasteiger partial charge in [0.1, 0.15) is 0 Å². The smallest absolute Gasteiger partial charge is 0.258 e. The van der Waals surface area contributed by atoms with E-state index in [0.29, 0.717) is 16.8 Å². The zero-order valence-corrected chi connectivity index (χ0v) is 13.1. The van der Waals surface area contributed by atoms with Crippen LogP contribution in [0.4, 0.5) is 4.39 Å². The van der Waals surface area contributed by atoms with Crippen molar-refractivity contribution in [2.75, 3.05) is 13.2 Å². The minimum atomic E-state index is -0.534. The number of aliphatic hydroxyl groups excluding tert-OH is 1. The van der Waals surface area contributed by atoms with Gasteiger partial charge in [-0.05, 0) is 30.5 Å². The molecule has 0 saturated heterocycles. The molecule has 1 rings (SSSR count). The van der Waals surface area contributed by atoms with E-state index in [1.165, 1.54) is 12.1 Å². The number of hydrogen-bond donors (Lipinski definition) is 2. The summed E-state index contributed by atoms with van der Waals surface area (Å²) in [5.74, 6) is -0.537. The van der Waals surface area contributed by atoms with Gasteiger partial charge in [-0.2, -0.15) is 0 Å². The Hall–Kier alpha value is -1.14. The maximum Gasteiger partial charge on any atom is 0.258 e. The van der Waals surface area contributed by atoms with Crippen LogP contribution in [-0.2, 0) is 4.79 Å². The standard InChI is InChI=1S/C14H19BrFNO3/c1-9(2)5-11(7-18)17-14(19)8-20-13-4-3-10(15)6-12(13)16/h3-4,6,9,11,18H,5,7-8H2,1-2H3,(H,17,19). The molecule has 6 heteroatoms. The van der Waals surface area contributed by atoms with Gasteiger partial charge in [0.25, 0.3) is 5.91 Å². The molecule has 112 valence electrons. The van der Waals surface area contributed by atoms with E-state index < -0.39 is 5.82 Å². The van der Waals surface area contributed by atoms with Crippen molar-refractivity contribution in [3.8, 4) is 5.75 Å². The Morgan fingerprint density at radius 3 is 2.75 bits per heavy atom. The zero-order valence-electron chi connectivity index (χ0n) is 11.5. The molecular formula is C14H19BrFNO3. The molecule has 1 aromatic rings. The Bertz CT molecular complexity index is 454. The highest BCUT2D eigenvalue weighted by Crippen LogP contribution is 2.21. The van der Waals surface area contributed by atoms with Gasteiger partial charge in [0.15, 0.2) is 18.2 Å². The van der Waals surface area contributed by atoms with Crippen molar-refractivity contribution >= 4 is 21.8 Å². The molecule has 2 N–H and O–H groups in total. The minimum absolute atomic E-state index is 0.0211. The molecule has 0 heterocycles. The zero-order chi connectivity index (χ0) is 15.1. The molecule has 20 heavy (non-hydrogen) atoms. The molecular weight excluding hydrogens is 329 g/mol. The van der Waals surface area contributed by atoms with Gasteiger partial charge >= 0.3 is 0 Å². The van der Waals surface area contributed by atoms with Gasteiger partial charge in [0.2, 0.25) is 0 Å². The number of carbonyl (C=O) groups excluding carboxylic acids is 1. The number of hydrogen-bond acceptors (Lipinski definition) is 3. The molecule has 0 saturated carbocycles. The van der Waals surface area contributed by atoms with Crippen molar-refractivity contribution in [3.63, 3.8) is 0 Å². The topological polar surface area (TPSA) is 58.6 Å². The van der Waals surface area contributed by atoms with Crippen molar-refractivity contribution in [2.24, 2.45) is 5.92 Å². The summed E-state index contributed by atoms with van der Waals surface area (Å²) in [6.45, 7) is 3.59. The van der Waals surface area contributed by atoms with Gasteiger partial charge in [0.05, 0.1) is 12.6 Å². The highest BCUT2D eigenvalue weighted by atomic mass is 79.9. The van der Waals surface area contributed by atoms with E-state index in [4.69, 9.17) is 9.84 Å². The lowest BCUT2D eigenvalue weighted by Crippen LogP contribution is -2.40. The number of amides is 1. The average Bonchev–Trinajstić information content (AvgIpc) is 2.36. The molecule has 0 radical (unpaired) electrons. The first kappa shape index (κ1) is 16.9. The average molecular weight is 348 g/mol. The van der Waals surface area contributed by atoms with Crippen molar-refractivity contribution in [3.05, 3.63) is 28.5 Å². The number of carbonyl (C=O) groups is 1. The summed E-state index contributed by atoms with van der Waals surface area (Å²) in [7, 11) is 0. The van der Waals surface area contributed by atoms with Gasteiger partial charge < -0.3 is 15.2 Å². The van der Waals surface area contributed by atoms with E-state index >= 15 is 0 Å². The highest BCUT2D eigenvalue weighted by Gasteiger charge is 2.14. The highest BCUT2D eigenvalue weighted by molar-refractivity contribution is 9.10.